The summed E-state index contributed by atoms with van der Waals surface area (Å²) in [6.07, 6.45) is 9.20. The molecule has 1 aliphatic heterocycles. The maximum absolute atomic E-state index is 9.24. The number of aliphatic hydroxyl groups excluding tert-OH is 1. The van der Waals surface area contributed by atoms with Crippen molar-refractivity contribution in [2.45, 2.75) is 38.0 Å². The molecule has 2 nitrogen and oxygen atoms in total. The fourth-order valence-corrected chi connectivity index (χ4v) is 3.34. The van der Waals surface area contributed by atoms with Gasteiger partial charge in [0.25, 0.3) is 0 Å². The zero-order valence-electron chi connectivity index (χ0n) is 10.6. The summed E-state index contributed by atoms with van der Waals surface area (Å²) >= 11 is 1.86. The SMILES string of the molecule is C/C=C(\C=C/C1OCS[C@@H]1C)C1CCC1CO. The Labute approximate surface area is 108 Å². The standard InChI is InChI=1S/C14H22O2S/c1-3-11(13-6-4-12(13)8-15)5-7-14-10(2)17-9-16-14/h3,5,7,10,12-15H,4,6,8-9H2,1-2H3/b7-5-,11-3+/t10-,12?,13?,14?/m1/s1. The predicted octanol–water partition coefficient (Wildman–Crippen LogP) is 2.99. The van der Waals surface area contributed by atoms with Crippen molar-refractivity contribution in [3.8, 4) is 0 Å². The Morgan fingerprint density at radius 3 is 2.76 bits per heavy atom. The molecule has 96 valence electrons. The molecule has 1 N–H and O–H groups in total. The van der Waals surface area contributed by atoms with Crippen LogP contribution in [0.4, 0.5) is 0 Å². The van der Waals surface area contributed by atoms with E-state index in [9.17, 15) is 5.11 Å². The number of ether oxygens (including phenoxy) is 1. The van der Waals surface area contributed by atoms with Crippen molar-refractivity contribution in [1.82, 2.24) is 0 Å². The topological polar surface area (TPSA) is 29.5 Å². The van der Waals surface area contributed by atoms with Crippen molar-refractivity contribution in [3.05, 3.63) is 23.8 Å². The minimum atomic E-state index is 0.252. The quantitative estimate of drug-likeness (QED) is 0.782. The van der Waals surface area contributed by atoms with Crippen LogP contribution in [-0.4, -0.2) is 29.0 Å². The minimum absolute atomic E-state index is 0.252. The smallest absolute Gasteiger partial charge is 0.0933 e. The van der Waals surface area contributed by atoms with Gasteiger partial charge in [0.15, 0.2) is 0 Å². The van der Waals surface area contributed by atoms with Crippen molar-refractivity contribution < 1.29 is 9.84 Å². The first-order valence-electron chi connectivity index (χ1n) is 6.44. The van der Waals surface area contributed by atoms with Crippen LogP contribution in [0.25, 0.3) is 0 Å². The molecular weight excluding hydrogens is 232 g/mol. The average molecular weight is 254 g/mol. The van der Waals surface area contributed by atoms with Gasteiger partial charge in [0.05, 0.1) is 12.0 Å². The fraction of sp³-hybridized carbons (Fsp3) is 0.714. The van der Waals surface area contributed by atoms with Crippen molar-refractivity contribution in [3.63, 3.8) is 0 Å². The highest BCUT2D eigenvalue weighted by atomic mass is 32.2. The molecule has 2 rings (SSSR count). The lowest BCUT2D eigenvalue weighted by Gasteiger charge is -2.36. The molecule has 1 saturated carbocycles. The highest BCUT2D eigenvalue weighted by Crippen LogP contribution is 2.40. The van der Waals surface area contributed by atoms with E-state index in [1.165, 1.54) is 18.4 Å². The summed E-state index contributed by atoms with van der Waals surface area (Å²) in [5.41, 5.74) is 1.36. The van der Waals surface area contributed by atoms with Crippen LogP contribution in [-0.2, 0) is 4.74 Å². The molecule has 3 unspecified atom stereocenters. The minimum Gasteiger partial charge on any atom is -0.396 e. The Morgan fingerprint density at radius 2 is 2.29 bits per heavy atom. The summed E-state index contributed by atoms with van der Waals surface area (Å²) in [7, 11) is 0. The summed E-state index contributed by atoms with van der Waals surface area (Å²) in [6, 6.07) is 0. The van der Waals surface area contributed by atoms with Gasteiger partial charge >= 0.3 is 0 Å². The van der Waals surface area contributed by atoms with Gasteiger partial charge in [0.2, 0.25) is 0 Å². The first-order valence-corrected chi connectivity index (χ1v) is 7.49. The van der Waals surface area contributed by atoms with Crippen LogP contribution in [0, 0.1) is 11.8 Å². The summed E-state index contributed by atoms with van der Waals surface area (Å²) in [5, 5.41) is 9.80. The largest absolute Gasteiger partial charge is 0.396 e. The van der Waals surface area contributed by atoms with E-state index < -0.39 is 0 Å². The number of allylic oxidation sites excluding steroid dienone is 3. The lowest BCUT2D eigenvalue weighted by atomic mass is 9.70. The molecule has 0 spiro atoms. The van der Waals surface area contributed by atoms with Gasteiger partial charge in [-0.25, -0.2) is 0 Å². The van der Waals surface area contributed by atoms with E-state index >= 15 is 0 Å². The lowest BCUT2D eigenvalue weighted by molar-refractivity contribution is 0.114. The number of hydrogen-bond donors (Lipinski definition) is 1. The normalized spacial score (nSPS) is 38.6. The van der Waals surface area contributed by atoms with Gasteiger partial charge in [0.1, 0.15) is 0 Å². The first-order chi connectivity index (χ1) is 8.26. The number of thioether (sulfide) groups is 1. The Bertz CT molecular complexity index is 309. The van der Waals surface area contributed by atoms with Gasteiger partial charge in [-0.2, -0.15) is 0 Å². The van der Waals surface area contributed by atoms with E-state index in [-0.39, 0.29) is 6.10 Å². The van der Waals surface area contributed by atoms with Gasteiger partial charge in [0, 0.05) is 11.9 Å². The van der Waals surface area contributed by atoms with Gasteiger partial charge < -0.3 is 9.84 Å². The van der Waals surface area contributed by atoms with E-state index in [1.807, 2.05) is 11.8 Å². The summed E-state index contributed by atoms with van der Waals surface area (Å²) in [6.45, 7) is 4.62. The molecule has 17 heavy (non-hydrogen) atoms. The van der Waals surface area contributed by atoms with E-state index in [2.05, 4.69) is 32.1 Å². The number of aliphatic hydroxyl groups is 1. The molecule has 0 aromatic heterocycles. The van der Waals surface area contributed by atoms with E-state index in [0.717, 1.165) is 5.94 Å². The molecule has 0 aromatic carbocycles. The highest BCUT2D eigenvalue weighted by molar-refractivity contribution is 8.00. The lowest BCUT2D eigenvalue weighted by Crippen LogP contribution is -2.30. The molecular formula is C14H22O2S. The van der Waals surface area contributed by atoms with Crippen molar-refractivity contribution in [2.24, 2.45) is 11.8 Å². The van der Waals surface area contributed by atoms with Crippen LogP contribution in [0.2, 0.25) is 0 Å². The van der Waals surface area contributed by atoms with Gasteiger partial charge in [-0.15, -0.1) is 11.8 Å². The number of hydrogen-bond acceptors (Lipinski definition) is 3. The molecule has 1 aliphatic carbocycles. The van der Waals surface area contributed by atoms with Gasteiger partial charge in [-0.3, -0.25) is 0 Å². The third kappa shape index (κ3) is 2.95. The second-order valence-electron chi connectivity index (χ2n) is 4.90. The molecule has 1 heterocycles. The zero-order chi connectivity index (χ0) is 12.3. The molecule has 0 radical (unpaired) electrons. The second kappa shape index (κ2) is 6.07. The van der Waals surface area contributed by atoms with E-state index in [0.29, 0.717) is 23.7 Å². The Hall–Kier alpha value is -0.250. The van der Waals surface area contributed by atoms with Crippen molar-refractivity contribution in [2.75, 3.05) is 12.5 Å². The predicted molar refractivity (Wildman–Crippen MR) is 73.0 cm³/mol. The van der Waals surface area contributed by atoms with Crippen LogP contribution in [0.5, 0.6) is 0 Å². The maximum atomic E-state index is 9.24. The van der Waals surface area contributed by atoms with Crippen LogP contribution in [0.1, 0.15) is 26.7 Å². The molecule has 0 bridgehead atoms. The summed E-state index contributed by atoms with van der Waals surface area (Å²) < 4.78 is 5.64. The second-order valence-corrected chi connectivity index (χ2v) is 6.21. The van der Waals surface area contributed by atoms with Crippen LogP contribution in [0.3, 0.4) is 0 Å². The van der Waals surface area contributed by atoms with Crippen LogP contribution < -0.4 is 0 Å². The molecule has 2 fully saturated rings. The van der Waals surface area contributed by atoms with Crippen molar-refractivity contribution in [1.29, 1.82) is 0 Å². The third-order valence-corrected chi connectivity index (χ3v) is 5.01. The number of rotatable bonds is 4. The van der Waals surface area contributed by atoms with Crippen LogP contribution >= 0.6 is 11.8 Å². The Morgan fingerprint density at radius 1 is 1.47 bits per heavy atom. The Kier molecular flexibility index (Phi) is 4.71. The molecule has 1 saturated heterocycles. The fourth-order valence-electron chi connectivity index (χ4n) is 2.53. The molecule has 4 atom stereocenters. The molecule has 3 heteroatoms. The van der Waals surface area contributed by atoms with Crippen LogP contribution in [0.15, 0.2) is 23.8 Å². The van der Waals surface area contributed by atoms with E-state index in [1.54, 1.807) is 0 Å². The van der Waals surface area contributed by atoms with Crippen molar-refractivity contribution >= 4 is 11.8 Å². The monoisotopic (exact) mass is 254 g/mol. The zero-order valence-corrected chi connectivity index (χ0v) is 11.5. The Balaban J connectivity index is 1.93. The summed E-state index contributed by atoms with van der Waals surface area (Å²) in [4.78, 5) is 0. The average Bonchev–Trinajstić information content (AvgIpc) is 2.69. The third-order valence-electron chi connectivity index (χ3n) is 3.95. The maximum Gasteiger partial charge on any atom is 0.0933 e. The summed E-state index contributed by atoms with van der Waals surface area (Å²) in [5.74, 6) is 1.84. The first kappa shape index (κ1) is 13.2. The highest BCUT2D eigenvalue weighted by Gasteiger charge is 2.32. The molecule has 0 amide bonds. The molecule has 0 aromatic rings. The van der Waals surface area contributed by atoms with E-state index in [4.69, 9.17) is 4.74 Å². The van der Waals surface area contributed by atoms with Gasteiger partial charge in [-0.05, 0) is 37.2 Å². The van der Waals surface area contributed by atoms with Gasteiger partial charge in [-0.1, -0.05) is 25.2 Å². The molecule has 2 aliphatic rings.